The van der Waals surface area contributed by atoms with Gasteiger partial charge in [-0.15, -0.1) is 0 Å². The van der Waals surface area contributed by atoms with Crippen molar-refractivity contribution in [2.24, 2.45) is 0 Å². The SMILES string of the molecule is COc1ccc(OCC2c3cc(OC)c(OC)cc3CCN2C(=O)c2cc(-c3ccc(F)cc3)n[nH]2)cc1. The van der Waals surface area contributed by atoms with E-state index in [0.717, 1.165) is 16.9 Å². The number of H-pyrrole nitrogens is 1. The molecule has 0 bridgehead atoms. The van der Waals surface area contributed by atoms with Crippen molar-refractivity contribution < 1.29 is 28.1 Å². The second-order valence-electron chi connectivity index (χ2n) is 8.83. The Balaban J connectivity index is 1.46. The molecule has 1 N–H and O–H groups in total. The lowest BCUT2D eigenvalue weighted by molar-refractivity contribution is 0.0583. The van der Waals surface area contributed by atoms with Gasteiger partial charge in [-0.2, -0.15) is 5.10 Å². The third-order valence-corrected chi connectivity index (χ3v) is 6.68. The number of carbonyl (C=O) groups excluding carboxylic acids is 1. The van der Waals surface area contributed by atoms with E-state index in [1.54, 1.807) is 44.4 Å². The molecule has 1 unspecified atom stereocenters. The quantitative estimate of drug-likeness (QED) is 0.352. The maximum Gasteiger partial charge on any atom is 0.272 e. The molecule has 0 saturated heterocycles. The Labute approximate surface area is 219 Å². The summed E-state index contributed by atoms with van der Waals surface area (Å²) in [5.41, 5.74) is 3.59. The van der Waals surface area contributed by atoms with Crippen molar-refractivity contribution in [3.63, 3.8) is 0 Å². The highest BCUT2D eigenvalue weighted by atomic mass is 19.1. The number of carbonyl (C=O) groups is 1. The number of aromatic amines is 1. The van der Waals surface area contributed by atoms with Crippen LogP contribution in [-0.2, 0) is 6.42 Å². The Morgan fingerprint density at radius 3 is 2.32 bits per heavy atom. The van der Waals surface area contributed by atoms with Crippen molar-refractivity contribution in [2.75, 3.05) is 34.5 Å². The number of hydrogen-bond acceptors (Lipinski definition) is 6. The molecule has 2 heterocycles. The minimum atomic E-state index is -0.397. The summed E-state index contributed by atoms with van der Waals surface area (Å²) < 4.78 is 35.8. The summed E-state index contributed by atoms with van der Waals surface area (Å²) in [4.78, 5) is 15.5. The maximum atomic E-state index is 13.8. The molecular weight excluding hydrogens is 489 g/mol. The smallest absolute Gasteiger partial charge is 0.272 e. The van der Waals surface area contributed by atoms with Crippen LogP contribution in [0.1, 0.15) is 27.7 Å². The number of methoxy groups -OCH3 is 3. The number of ether oxygens (including phenoxy) is 4. The van der Waals surface area contributed by atoms with E-state index in [4.69, 9.17) is 18.9 Å². The molecule has 0 radical (unpaired) electrons. The van der Waals surface area contributed by atoms with Crippen molar-refractivity contribution in [1.29, 1.82) is 0 Å². The third kappa shape index (κ3) is 5.00. The van der Waals surface area contributed by atoms with Gasteiger partial charge in [-0.25, -0.2) is 4.39 Å². The molecule has 1 atom stereocenters. The molecule has 8 nitrogen and oxygen atoms in total. The first-order valence-electron chi connectivity index (χ1n) is 12.1. The normalized spacial score (nSPS) is 14.5. The van der Waals surface area contributed by atoms with Gasteiger partial charge >= 0.3 is 0 Å². The van der Waals surface area contributed by atoms with Crippen LogP contribution in [0.3, 0.4) is 0 Å². The summed E-state index contributed by atoms with van der Waals surface area (Å²) in [7, 11) is 4.79. The van der Waals surface area contributed by atoms with Crippen LogP contribution >= 0.6 is 0 Å². The van der Waals surface area contributed by atoms with Gasteiger partial charge in [-0.1, -0.05) is 0 Å². The van der Waals surface area contributed by atoms with Gasteiger partial charge in [0, 0.05) is 12.1 Å². The van der Waals surface area contributed by atoms with Gasteiger partial charge in [0.1, 0.15) is 29.6 Å². The molecule has 1 aromatic heterocycles. The molecule has 4 aromatic rings. The Bertz CT molecular complexity index is 1420. The number of hydrogen-bond donors (Lipinski definition) is 1. The first kappa shape index (κ1) is 25.1. The second-order valence-corrected chi connectivity index (χ2v) is 8.83. The van der Waals surface area contributed by atoms with Gasteiger partial charge < -0.3 is 23.8 Å². The predicted octanol–water partition coefficient (Wildman–Crippen LogP) is 5.06. The van der Waals surface area contributed by atoms with E-state index in [1.807, 2.05) is 36.4 Å². The third-order valence-electron chi connectivity index (χ3n) is 6.68. The molecule has 1 amide bonds. The van der Waals surface area contributed by atoms with Crippen LogP contribution in [0.15, 0.2) is 66.7 Å². The van der Waals surface area contributed by atoms with E-state index in [-0.39, 0.29) is 18.3 Å². The lowest BCUT2D eigenvalue weighted by atomic mass is 9.91. The van der Waals surface area contributed by atoms with E-state index in [0.29, 0.717) is 47.2 Å². The summed E-state index contributed by atoms with van der Waals surface area (Å²) >= 11 is 0. The van der Waals surface area contributed by atoms with Crippen molar-refractivity contribution >= 4 is 5.91 Å². The zero-order valence-electron chi connectivity index (χ0n) is 21.4. The van der Waals surface area contributed by atoms with Crippen molar-refractivity contribution in [1.82, 2.24) is 15.1 Å². The molecule has 196 valence electrons. The topological polar surface area (TPSA) is 85.9 Å². The fraction of sp³-hybridized carbons (Fsp3) is 0.241. The number of benzene rings is 3. The van der Waals surface area contributed by atoms with Crippen LogP contribution in [0.2, 0.25) is 0 Å². The van der Waals surface area contributed by atoms with Gasteiger partial charge in [0.05, 0.1) is 33.1 Å². The second kappa shape index (κ2) is 10.8. The molecule has 0 fully saturated rings. The minimum absolute atomic E-state index is 0.213. The first-order chi connectivity index (χ1) is 18.5. The molecular formula is C29H28FN3O5. The zero-order chi connectivity index (χ0) is 26.6. The number of fused-ring (bicyclic) bond motifs is 1. The number of halogens is 1. The summed E-state index contributed by atoms with van der Waals surface area (Å²) in [5.74, 6) is 2.05. The van der Waals surface area contributed by atoms with Crippen LogP contribution in [0.5, 0.6) is 23.0 Å². The van der Waals surface area contributed by atoms with Gasteiger partial charge in [-0.3, -0.25) is 9.89 Å². The lowest BCUT2D eigenvalue weighted by Crippen LogP contribution is -2.42. The standard InChI is InChI=1S/C29H28FN3O5/c1-35-21-8-10-22(11-9-21)38-17-26-23-15-28(37-3)27(36-2)14-19(23)12-13-33(26)29(34)25-16-24(31-32-25)18-4-6-20(30)7-5-18/h4-11,14-16,26H,12-13,17H2,1-3H3,(H,31,32). The van der Waals surface area contributed by atoms with Crippen molar-refractivity contribution in [2.45, 2.75) is 12.5 Å². The largest absolute Gasteiger partial charge is 0.497 e. The maximum absolute atomic E-state index is 13.8. The Morgan fingerprint density at radius 1 is 0.947 bits per heavy atom. The molecule has 5 rings (SSSR count). The number of nitrogens with zero attached hydrogens (tertiary/aromatic N) is 2. The van der Waals surface area contributed by atoms with Crippen LogP contribution in [-0.4, -0.2) is 55.5 Å². The van der Waals surface area contributed by atoms with E-state index in [1.165, 1.54) is 12.1 Å². The van der Waals surface area contributed by atoms with Crippen LogP contribution in [0.25, 0.3) is 11.3 Å². The monoisotopic (exact) mass is 517 g/mol. The number of aromatic nitrogens is 2. The van der Waals surface area contributed by atoms with Crippen LogP contribution in [0, 0.1) is 5.82 Å². The van der Waals surface area contributed by atoms with Gasteiger partial charge in [-0.05, 0) is 84.3 Å². The molecule has 3 aromatic carbocycles. The zero-order valence-corrected chi connectivity index (χ0v) is 21.4. The Kier molecular flexibility index (Phi) is 7.17. The molecule has 9 heteroatoms. The molecule has 0 saturated carbocycles. The summed E-state index contributed by atoms with van der Waals surface area (Å²) in [6, 6.07) is 18.4. The van der Waals surface area contributed by atoms with Gasteiger partial charge in [0.2, 0.25) is 0 Å². The highest BCUT2D eigenvalue weighted by Crippen LogP contribution is 2.39. The van der Waals surface area contributed by atoms with Gasteiger partial charge in [0.25, 0.3) is 5.91 Å². The first-order valence-corrected chi connectivity index (χ1v) is 12.1. The van der Waals surface area contributed by atoms with Gasteiger partial charge in [0.15, 0.2) is 11.5 Å². The van der Waals surface area contributed by atoms with E-state index >= 15 is 0 Å². The minimum Gasteiger partial charge on any atom is -0.497 e. The Hall–Kier alpha value is -4.53. The summed E-state index contributed by atoms with van der Waals surface area (Å²) in [6.07, 6.45) is 0.638. The number of amides is 1. The average molecular weight is 518 g/mol. The van der Waals surface area contributed by atoms with E-state index in [9.17, 15) is 9.18 Å². The van der Waals surface area contributed by atoms with E-state index < -0.39 is 6.04 Å². The average Bonchev–Trinajstić information content (AvgIpc) is 3.45. The highest BCUT2D eigenvalue weighted by Gasteiger charge is 2.34. The molecule has 1 aliphatic heterocycles. The van der Waals surface area contributed by atoms with Crippen molar-refractivity contribution in [3.8, 4) is 34.3 Å². The molecule has 0 aliphatic carbocycles. The summed E-state index contributed by atoms with van der Waals surface area (Å²) in [5, 5.41) is 7.14. The Morgan fingerprint density at radius 2 is 1.63 bits per heavy atom. The predicted molar refractivity (Wildman–Crippen MR) is 139 cm³/mol. The lowest BCUT2D eigenvalue weighted by Gasteiger charge is -2.37. The summed E-state index contributed by atoms with van der Waals surface area (Å²) in [6.45, 7) is 0.697. The fourth-order valence-electron chi connectivity index (χ4n) is 4.65. The van der Waals surface area contributed by atoms with Crippen LogP contribution in [0.4, 0.5) is 4.39 Å². The van der Waals surface area contributed by atoms with Crippen molar-refractivity contribution in [3.05, 3.63) is 89.4 Å². The number of nitrogens with one attached hydrogen (secondary N) is 1. The van der Waals surface area contributed by atoms with Crippen LogP contribution < -0.4 is 18.9 Å². The highest BCUT2D eigenvalue weighted by molar-refractivity contribution is 5.94. The molecule has 1 aliphatic rings. The molecule has 38 heavy (non-hydrogen) atoms. The molecule has 0 spiro atoms. The van der Waals surface area contributed by atoms with E-state index in [2.05, 4.69) is 10.2 Å². The number of rotatable bonds is 8. The fourth-order valence-corrected chi connectivity index (χ4v) is 4.65.